The van der Waals surface area contributed by atoms with Crippen LogP contribution in [0.5, 0.6) is 0 Å². The van der Waals surface area contributed by atoms with E-state index in [4.69, 9.17) is 4.42 Å². The third-order valence-electron chi connectivity index (χ3n) is 4.39. The van der Waals surface area contributed by atoms with Crippen LogP contribution < -0.4 is 5.32 Å². The average Bonchev–Trinajstić information content (AvgIpc) is 3.08. The standard InChI is InChI=1S/C19H22N2O3/c1-12-10-16(13(2)24-12)19(3,23)11-20-18(22)15-6-5-7-17-14(15)8-9-21(17)4/h5-10,23H,11H2,1-4H3,(H,20,22). The fraction of sp³-hybridized carbons (Fsp3) is 0.316. The van der Waals surface area contributed by atoms with Gasteiger partial charge in [0, 0.05) is 35.3 Å². The molecule has 0 aliphatic carbocycles. The first kappa shape index (κ1) is 16.3. The Morgan fingerprint density at radius 3 is 2.75 bits per heavy atom. The molecule has 2 N–H and O–H groups in total. The lowest BCUT2D eigenvalue weighted by atomic mass is 9.96. The number of carbonyl (C=O) groups excluding carboxylic acids is 1. The van der Waals surface area contributed by atoms with Crippen LogP contribution in [0, 0.1) is 13.8 Å². The molecule has 0 aliphatic rings. The van der Waals surface area contributed by atoms with E-state index in [0.29, 0.717) is 16.9 Å². The highest BCUT2D eigenvalue weighted by atomic mass is 16.3. The molecule has 1 atom stereocenters. The van der Waals surface area contributed by atoms with E-state index in [1.54, 1.807) is 19.1 Å². The van der Waals surface area contributed by atoms with E-state index in [2.05, 4.69) is 5.32 Å². The molecule has 126 valence electrons. The molecule has 2 heterocycles. The SMILES string of the molecule is Cc1cc(C(C)(O)CNC(=O)c2cccc3c2ccn3C)c(C)o1. The monoisotopic (exact) mass is 326 g/mol. The van der Waals surface area contributed by atoms with Crippen molar-refractivity contribution in [2.45, 2.75) is 26.4 Å². The number of nitrogens with zero attached hydrogens (tertiary/aromatic N) is 1. The maximum atomic E-state index is 12.6. The number of carbonyl (C=O) groups is 1. The number of hydrogen-bond acceptors (Lipinski definition) is 3. The van der Waals surface area contributed by atoms with Gasteiger partial charge in [0.25, 0.3) is 5.91 Å². The minimum absolute atomic E-state index is 0.106. The fourth-order valence-electron chi connectivity index (χ4n) is 3.11. The number of aryl methyl sites for hydroxylation is 3. The van der Waals surface area contributed by atoms with Gasteiger partial charge < -0.3 is 19.4 Å². The summed E-state index contributed by atoms with van der Waals surface area (Å²) >= 11 is 0. The summed E-state index contributed by atoms with van der Waals surface area (Å²) in [6, 6.07) is 9.35. The average molecular weight is 326 g/mol. The van der Waals surface area contributed by atoms with Gasteiger partial charge in [0.2, 0.25) is 0 Å². The predicted octanol–water partition coefficient (Wildman–Crippen LogP) is 3.03. The molecule has 0 aliphatic heterocycles. The molecule has 0 bridgehead atoms. The van der Waals surface area contributed by atoms with Gasteiger partial charge in [-0.05, 0) is 45.0 Å². The zero-order valence-corrected chi connectivity index (χ0v) is 14.4. The van der Waals surface area contributed by atoms with Gasteiger partial charge in [0.15, 0.2) is 0 Å². The molecule has 3 aromatic rings. The van der Waals surface area contributed by atoms with Gasteiger partial charge in [-0.1, -0.05) is 6.07 Å². The van der Waals surface area contributed by atoms with Gasteiger partial charge in [-0.3, -0.25) is 4.79 Å². The summed E-state index contributed by atoms with van der Waals surface area (Å²) in [4.78, 5) is 12.6. The first-order valence-corrected chi connectivity index (χ1v) is 7.92. The first-order valence-electron chi connectivity index (χ1n) is 7.92. The zero-order valence-electron chi connectivity index (χ0n) is 14.4. The van der Waals surface area contributed by atoms with Crippen LogP contribution in [0.4, 0.5) is 0 Å². The molecule has 1 aromatic carbocycles. The van der Waals surface area contributed by atoms with Crippen LogP contribution in [0.1, 0.15) is 34.4 Å². The molecule has 1 unspecified atom stereocenters. The highest BCUT2D eigenvalue weighted by Gasteiger charge is 2.28. The first-order chi connectivity index (χ1) is 11.3. The second-order valence-electron chi connectivity index (χ2n) is 6.45. The molecule has 0 radical (unpaired) electrons. The Bertz CT molecular complexity index is 903. The van der Waals surface area contributed by atoms with Crippen molar-refractivity contribution in [3.05, 3.63) is 59.2 Å². The second-order valence-corrected chi connectivity index (χ2v) is 6.45. The number of amides is 1. The smallest absolute Gasteiger partial charge is 0.252 e. The topological polar surface area (TPSA) is 67.4 Å². The largest absolute Gasteiger partial charge is 0.466 e. The minimum Gasteiger partial charge on any atom is -0.466 e. The summed E-state index contributed by atoms with van der Waals surface area (Å²) in [5, 5.41) is 14.4. The van der Waals surface area contributed by atoms with Crippen molar-refractivity contribution < 1.29 is 14.3 Å². The number of furan rings is 1. The van der Waals surface area contributed by atoms with E-state index in [1.165, 1.54) is 0 Å². The number of hydrogen-bond donors (Lipinski definition) is 2. The number of fused-ring (bicyclic) bond motifs is 1. The van der Waals surface area contributed by atoms with E-state index < -0.39 is 5.60 Å². The number of nitrogens with one attached hydrogen (secondary N) is 1. The molecule has 3 rings (SSSR count). The van der Waals surface area contributed by atoms with E-state index in [9.17, 15) is 9.90 Å². The third-order valence-corrected chi connectivity index (χ3v) is 4.39. The number of benzene rings is 1. The summed E-state index contributed by atoms with van der Waals surface area (Å²) in [7, 11) is 1.94. The molecule has 5 nitrogen and oxygen atoms in total. The maximum absolute atomic E-state index is 12.6. The van der Waals surface area contributed by atoms with Crippen LogP contribution in [0.2, 0.25) is 0 Å². The summed E-state index contributed by atoms with van der Waals surface area (Å²) < 4.78 is 7.45. The van der Waals surface area contributed by atoms with Crippen molar-refractivity contribution in [2.75, 3.05) is 6.54 Å². The Labute approximate surface area is 140 Å². The Kier molecular flexibility index (Phi) is 3.97. The molecular formula is C19H22N2O3. The minimum atomic E-state index is -1.19. The van der Waals surface area contributed by atoms with Crippen molar-refractivity contribution in [3.8, 4) is 0 Å². The van der Waals surface area contributed by atoms with Crippen molar-refractivity contribution in [2.24, 2.45) is 7.05 Å². The third kappa shape index (κ3) is 2.83. The normalized spacial score (nSPS) is 13.9. The van der Waals surface area contributed by atoms with Gasteiger partial charge in [0.05, 0.1) is 6.54 Å². The molecular weight excluding hydrogens is 304 g/mol. The van der Waals surface area contributed by atoms with Gasteiger partial charge in [-0.15, -0.1) is 0 Å². The molecule has 24 heavy (non-hydrogen) atoms. The summed E-state index contributed by atoms with van der Waals surface area (Å²) in [6.45, 7) is 5.42. The van der Waals surface area contributed by atoms with Gasteiger partial charge in [-0.25, -0.2) is 0 Å². The molecule has 2 aromatic heterocycles. The highest BCUT2D eigenvalue weighted by molar-refractivity contribution is 6.06. The quantitative estimate of drug-likeness (QED) is 0.774. The predicted molar refractivity (Wildman–Crippen MR) is 93.0 cm³/mol. The van der Waals surface area contributed by atoms with Crippen LogP contribution in [0.3, 0.4) is 0 Å². The van der Waals surface area contributed by atoms with Crippen LogP contribution in [-0.2, 0) is 12.6 Å². The number of rotatable bonds is 4. The van der Waals surface area contributed by atoms with Gasteiger partial charge >= 0.3 is 0 Å². The molecule has 0 spiro atoms. The zero-order chi connectivity index (χ0) is 17.5. The lowest BCUT2D eigenvalue weighted by Gasteiger charge is -2.23. The number of aliphatic hydroxyl groups is 1. The van der Waals surface area contributed by atoms with Gasteiger partial charge in [-0.2, -0.15) is 0 Å². The van der Waals surface area contributed by atoms with Crippen molar-refractivity contribution >= 4 is 16.8 Å². The van der Waals surface area contributed by atoms with E-state index in [0.717, 1.165) is 16.7 Å². The Balaban J connectivity index is 1.81. The lowest BCUT2D eigenvalue weighted by molar-refractivity contribution is 0.0514. The Morgan fingerprint density at radius 2 is 2.08 bits per heavy atom. The summed E-state index contributed by atoms with van der Waals surface area (Å²) in [5.41, 5.74) is 1.10. The fourth-order valence-corrected chi connectivity index (χ4v) is 3.11. The molecule has 0 saturated heterocycles. The highest BCUT2D eigenvalue weighted by Crippen LogP contribution is 2.26. The van der Waals surface area contributed by atoms with Crippen LogP contribution in [0.15, 0.2) is 40.9 Å². The lowest BCUT2D eigenvalue weighted by Crippen LogP contribution is -2.38. The van der Waals surface area contributed by atoms with Crippen LogP contribution in [0.25, 0.3) is 10.9 Å². The molecule has 0 fully saturated rings. The number of aromatic nitrogens is 1. The van der Waals surface area contributed by atoms with Crippen LogP contribution >= 0.6 is 0 Å². The molecule has 0 saturated carbocycles. The summed E-state index contributed by atoms with van der Waals surface area (Å²) in [5.74, 6) is 1.20. The van der Waals surface area contributed by atoms with E-state index >= 15 is 0 Å². The Hall–Kier alpha value is -2.53. The molecule has 1 amide bonds. The van der Waals surface area contributed by atoms with Crippen molar-refractivity contribution in [3.63, 3.8) is 0 Å². The van der Waals surface area contributed by atoms with Crippen molar-refractivity contribution in [1.82, 2.24) is 9.88 Å². The van der Waals surface area contributed by atoms with Gasteiger partial charge in [0.1, 0.15) is 17.1 Å². The Morgan fingerprint density at radius 1 is 1.33 bits per heavy atom. The maximum Gasteiger partial charge on any atom is 0.252 e. The second kappa shape index (κ2) is 5.83. The van der Waals surface area contributed by atoms with Crippen LogP contribution in [-0.4, -0.2) is 22.1 Å². The molecule has 5 heteroatoms. The van der Waals surface area contributed by atoms with E-state index in [-0.39, 0.29) is 12.5 Å². The van der Waals surface area contributed by atoms with E-state index in [1.807, 2.05) is 49.9 Å². The van der Waals surface area contributed by atoms with Crippen molar-refractivity contribution in [1.29, 1.82) is 0 Å². The summed E-state index contributed by atoms with van der Waals surface area (Å²) in [6.07, 6.45) is 1.93.